The molecule has 4 nitrogen and oxygen atoms in total. The SMILES string of the molecule is Cc1ccc(CN[C@](C)(CO)C(=O)O)cc1/C=C/c1cccc(-c2ccccc2)c1F. The van der Waals surface area contributed by atoms with E-state index in [1.54, 1.807) is 18.2 Å². The lowest BCUT2D eigenvalue weighted by Gasteiger charge is -2.24. The number of carbonyl (C=O) groups is 1. The van der Waals surface area contributed by atoms with Crippen molar-refractivity contribution < 1.29 is 19.4 Å². The lowest BCUT2D eigenvalue weighted by atomic mass is 9.99. The number of hydrogen-bond acceptors (Lipinski definition) is 3. The van der Waals surface area contributed by atoms with Crippen LogP contribution >= 0.6 is 0 Å². The molecule has 0 aliphatic heterocycles. The van der Waals surface area contributed by atoms with Crippen molar-refractivity contribution in [2.75, 3.05) is 6.61 Å². The van der Waals surface area contributed by atoms with E-state index < -0.39 is 18.1 Å². The molecular formula is C26H26FNO3. The first-order chi connectivity index (χ1) is 14.8. The van der Waals surface area contributed by atoms with Crippen LogP contribution in [0.4, 0.5) is 4.39 Å². The van der Waals surface area contributed by atoms with Gasteiger partial charge >= 0.3 is 5.97 Å². The molecule has 3 N–H and O–H groups in total. The van der Waals surface area contributed by atoms with Crippen LogP contribution in [-0.4, -0.2) is 28.3 Å². The zero-order valence-electron chi connectivity index (χ0n) is 17.6. The van der Waals surface area contributed by atoms with Crippen molar-refractivity contribution in [3.05, 3.63) is 94.8 Å². The third-order valence-corrected chi connectivity index (χ3v) is 5.37. The van der Waals surface area contributed by atoms with Crippen LogP contribution in [0.3, 0.4) is 0 Å². The quantitative estimate of drug-likeness (QED) is 0.455. The first kappa shape index (κ1) is 22.4. The van der Waals surface area contributed by atoms with Crippen LogP contribution in [0.1, 0.15) is 29.2 Å². The van der Waals surface area contributed by atoms with Crippen LogP contribution < -0.4 is 5.32 Å². The van der Waals surface area contributed by atoms with Crippen molar-refractivity contribution in [1.82, 2.24) is 5.32 Å². The summed E-state index contributed by atoms with van der Waals surface area (Å²) in [5.41, 5.74) is 3.24. The summed E-state index contributed by atoms with van der Waals surface area (Å²) in [5, 5.41) is 21.5. The lowest BCUT2D eigenvalue weighted by Crippen LogP contribution is -2.52. The number of halogens is 1. The number of aliphatic carboxylic acids is 1. The molecular weight excluding hydrogens is 393 g/mol. The number of carboxylic acids is 1. The van der Waals surface area contributed by atoms with E-state index in [4.69, 9.17) is 0 Å². The average Bonchev–Trinajstić information content (AvgIpc) is 2.78. The second-order valence-electron chi connectivity index (χ2n) is 7.75. The highest BCUT2D eigenvalue weighted by Gasteiger charge is 2.31. The molecule has 0 fully saturated rings. The number of hydrogen-bond donors (Lipinski definition) is 3. The highest BCUT2D eigenvalue weighted by Crippen LogP contribution is 2.26. The van der Waals surface area contributed by atoms with E-state index in [0.29, 0.717) is 11.1 Å². The Balaban J connectivity index is 1.83. The topological polar surface area (TPSA) is 69.6 Å². The van der Waals surface area contributed by atoms with Gasteiger partial charge in [0.05, 0.1) is 6.61 Å². The molecule has 31 heavy (non-hydrogen) atoms. The fourth-order valence-corrected chi connectivity index (χ4v) is 3.17. The van der Waals surface area contributed by atoms with Crippen molar-refractivity contribution in [1.29, 1.82) is 0 Å². The van der Waals surface area contributed by atoms with Crippen LogP contribution in [0.25, 0.3) is 23.3 Å². The molecule has 0 unspecified atom stereocenters. The van der Waals surface area contributed by atoms with E-state index in [1.165, 1.54) is 6.92 Å². The fourth-order valence-electron chi connectivity index (χ4n) is 3.17. The van der Waals surface area contributed by atoms with Crippen molar-refractivity contribution in [3.8, 4) is 11.1 Å². The molecule has 0 saturated carbocycles. The summed E-state index contributed by atoms with van der Waals surface area (Å²) < 4.78 is 15.1. The van der Waals surface area contributed by atoms with Crippen molar-refractivity contribution in [2.24, 2.45) is 0 Å². The minimum absolute atomic E-state index is 0.277. The van der Waals surface area contributed by atoms with Crippen LogP contribution in [0.2, 0.25) is 0 Å². The Morgan fingerprint density at radius 1 is 1.03 bits per heavy atom. The summed E-state index contributed by atoms with van der Waals surface area (Å²) in [6.45, 7) is 3.16. The van der Waals surface area contributed by atoms with Gasteiger partial charge in [-0.3, -0.25) is 10.1 Å². The molecule has 3 aromatic rings. The zero-order chi connectivity index (χ0) is 22.4. The predicted octanol–water partition coefficient (Wildman–Crippen LogP) is 4.90. The number of rotatable bonds is 8. The van der Waals surface area contributed by atoms with Gasteiger partial charge < -0.3 is 10.2 Å². The number of aliphatic hydroxyl groups is 1. The molecule has 3 rings (SSSR count). The molecule has 0 saturated heterocycles. The molecule has 0 bridgehead atoms. The number of carboxylic acid groups (broad SMARTS) is 1. The van der Waals surface area contributed by atoms with Gasteiger partial charge in [0.2, 0.25) is 0 Å². The maximum atomic E-state index is 15.1. The Labute approximate surface area is 181 Å². The van der Waals surface area contributed by atoms with Gasteiger partial charge in [0.15, 0.2) is 0 Å². The summed E-state index contributed by atoms with van der Waals surface area (Å²) in [6.07, 6.45) is 3.60. The molecule has 0 amide bonds. The molecule has 0 aromatic heterocycles. The monoisotopic (exact) mass is 419 g/mol. The van der Waals surface area contributed by atoms with E-state index in [9.17, 15) is 15.0 Å². The molecule has 0 heterocycles. The second kappa shape index (κ2) is 9.69. The largest absolute Gasteiger partial charge is 0.480 e. The van der Waals surface area contributed by atoms with E-state index >= 15 is 4.39 Å². The average molecular weight is 419 g/mol. The van der Waals surface area contributed by atoms with Crippen molar-refractivity contribution in [2.45, 2.75) is 25.9 Å². The molecule has 5 heteroatoms. The smallest absolute Gasteiger partial charge is 0.326 e. The molecule has 0 spiro atoms. The second-order valence-corrected chi connectivity index (χ2v) is 7.75. The highest BCUT2D eigenvalue weighted by molar-refractivity contribution is 5.78. The van der Waals surface area contributed by atoms with E-state index in [2.05, 4.69) is 5.32 Å². The Bertz CT molecular complexity index is 1100. The van der Waals surface area contributed by atoms with Gasteiger partial charge in [0.25, 0.3) is 0 Å². The minimum atomic E-state index is -1.41. The molecule has 0 aliphatic rings. The van der Waals surface area contributed by atoms with Gasteiger partial charge in [0, 0.05) is 17.7 Å². The van der Waals surface area contributed by atoms with Gasteiger partial charge in [0.1, 0.15) is 11.4 Å². The summed E-state index contributed by atoms with van der Waals surface area (Å²) in [6, 6.07) is 20.5. The van der Waals surface area contributed by atoms with Crippen molar-refractivity contribution >= 4 is 18.1 Å². The Kier molecular flexibility index (Phi) is 7.00. The Morgan fingerprint density at radius 3 is 2.42 bits per heavy atom. The minimum Gasteiger partial charge on any atom is -0.480 e. The molecule has 160 valence electrons. The predicted molar refractivity (Wildman–Crippen MR) is 122 cm³/mol. The maximum Gasteiger partial charge on any atom is 0.326 e. The van der Waals surface area contributed by atoms with Crippen LogP contribution in [0, 0.1) is 12.7 Å². The van der Waals surface area contributed by atoms with E-state index in [0.717, 1.165) is 22.3 Å². The van der Waals surface area contributed by atoms with E-state index in [-0.39, 0.29) is 12.4 Å². The summed E-state index contributed by atoms with van der Waals surface area (Å²) in [4.78, 5) is 11.3. The van der Waals surface area contributed by atoms with Crippen LogP contribution in [-0.2, 0) is 11.3 Å². The third kappa shape index (κ3) is 5.26. The van der Waals surface area contributed by atoms with E-state index in [1.807, 2.05) is 67.6 Å². The molecule has 0 aliphatic carbocycles. The number of aliphatic hydroxyl groups excluding tert-OH is 1. The normalized spacial score (nSPS) is 13.3. The molecule has 0 radical (unpaired) electrons. The maximum absolute atomic E-state index is 15.1. The molecule has 3 aromatic carbocycles. The fraction of sp³-hybridized carbons (Fsp3) is 0.192. The van der Waals surface area contributed by atoms with Gasteiger partial charge in [-0.2, -0.15) is 0 Å². The highest BCUT2D eigenvalue weighted by atomic mass is 19.1. The van der Waals surface area contributed by atoms with Gasteiger partial charge in [-0.05, 0) is 36.1 Å². The summed E-state index contributed by atoms with van der Waals surface area (Å²) >= 11 is 0. The Hall–Kier alpha value is -3.28. The number of benzene rings is 3. The Morgan fingerprint density at radius 2 is 1.74 bits per heavy atom. The summed E-state index contributed by atoms with van der Waals surface area (Å²) in [5.74, 6) is -1.39. The first-order valence-corrected chi connectivity index (χ1v) is 10.0. The van der Waals surface area contributed by atoms with Gasteiger partial charge in [-0.25, -0.2) is 4.39 Å². The summed E-state index contributed by atoms with van der Waals surface area (Å²) in [7, 11) is 0. The number of nitrogens with one attached hydrogen (secondary N) is 1. The standard InChI is InChI=1S/C26H26FNO3/c1-18-11-12-19(16-28-26(2,17-29)25(30)31)15-22(18)14-13-21-9-6-10-23(24(21)27)20-7-4-3-5-8-20/h3-15,28-29H,16-17H2,1-2H3,(H,30,31)/b14-13+/t26-/m1/s1. The van der Waals surface area contributed by atoms with Gasteiger partial charge in [-0.15, -0.1) is 0 Å². The van der Waals surface area contributed by atoms with Gasteiger partial charge in [-0.1, -0.05) is 78.9 Å². The van der Waals surface area contributed by atoms with Crippen LogP contribution in [0.5, 0.6) is 0 Å². The van der Waals surface area contributed by atoms with Crippen LogP contribution in [0.15, 0.2) is 66.7 Å². The first-order valence-electron chi connectivity index (χ1n) is 10.0. The number of aryl methyl sites for hydroxylation is 1. The lowest BCUT2D eigenvalue weighted by molar-refractivity contribution is -0.145. The third-order valence-electron chi connectivity index (χ3n) is 5.37. The van der Waals surface area contributed by atoms with Crippen molar-refractivity contribution in [3.63, 3.8) is 0 Å². The molecule has 1 atom stereocenters. The zero-order valence-corrected chi connectivity index (χ0v) is 17.6.